The van der Waals surface area contributed by atoms with E-state index in [0.717, 1.165) is 56.8 Å². The van der Waals surface area contributed by atoms with E-state index in [4.69, 9.17) is 4.74 Å². The fraction of sp³-hybridized carbons (Fsp3) is 0.381. The summed E-state index contributed by atoms with van der Waals surface area (Å²) in [5.41, 5.74) is 2.82. The summed E-state index contributed by atoms with van der Waals surface area (Å²) >= 11 is 0. The summed E-state index contributed by atoms with van der Waals surface area (Å²) in [6, 6.07) is 14.4. The van der Waals surface area contributed by atoms with Crippen LogP contribution in [0, 0.1) is 5.82 Å². The number of halogens is 2. The van der Waals surface area contributed by atoms with Crippen molar-refractivity contribution in [3.05, 3.63) is 65.5 Å². The average Bonchev–Trinajstić information content (AvgIpc) is 2.99. The van der Waals surface area contributed by atoms with Crippen LogP contribution in [0.15, 0.2) is 48.5 Å². The summed E-state index contributed by atoms with van der Waals surface area (Å²) in [4.78, 5) is 16.6. The molecule has 1 unspecified atom stereocenters. The standard InChI is InChI=1S/C21H23FN2O2.ClH/c22-16-7-9-17(10-8-16)24-14-12-23(13-15-24)11-3-6-20-18-4-1-2-5-19(18)21(25)26-20;/h1-2,4-5,7-10,20H,3,6,11-15H2;1H. The minimum atomic E-state index is -0.196. The van der Waals surface area contributed by atoms with Gasteiger partial charge in [0.25, 0.3) is 0 Å². The van der Waals surface area contributed by atoms with Gasteiger partial charge in [-0.3, -0.25) is 4.90 Å². The number of cyclic esters (lactones) is 1. The molecule has 0 aliphatic carbocycles. The van der Waals surface area contributed by atoms with Crippen LogP contribution in [0.5, 0.6) is 0 Å². The third-order valence-electron chi connectivity index (χ3n) is 5.28. The highest BCUT2D eigenvalue weighted by Crippen LogP contribution is 2.33. The molecule has 0 bridgehead atoms. The van der Waals surface area contributed by atoms with Crippen LogP contribution in [0.2, 0.25) is 0 Å². The number of hydrogen-bond donors (Lipinski definition) is 0. The van der Waals surface area contributed by atoms with Crippen molar-refractivity contribution in [1.29, 1.82) is 0 Å². The molecular weight excluding hydrogens is 367 g/mol. The molecule has 27 heavy (non-hydrogen) atoms. The van der Waals surface area contributed by atoms with Crippen LogP contribution >= 0.6 is 12.4 Å². The van der Waals surface area contributed by atoms with Gasteiger partial charge in [0.05, 0.1) is 5.56 Å². The van der Waals surface area contributed by atoms with Crippen LogP contribution in [0.25, 0.3) is 0 Å². The van der Waals surface area contributed by atoms with E-state index in [9.17, 15) is 9.18 Å². The molecule has 2 heterocycles. The van der Waals surface area contributed by atoms with Gasteiger partial charge in [0.2, 0.25) is 0 Å². The molecule has 2 aliphatic rings. The van der Waals surface area contributed by atoms with Crippen molar-refractivity contribution in [2.24, 2.45) is 0 Å². The molecule has 2 aromatic carbocycles. The minimum absolute atomic E-state index is 0. The zero-order valence-electron chi connectivity index (χ0n) is 15.1. The molecule has 0 aromatic heterocycles. The summed E-state index contributed by atoms with van der Waals surface area (Å²) in [7, 11) is 0. The van der Waals surface area contributed by atoms with Gasteiger partial charge in [0.1, 0.15) is 11.9 Å². The van der Waals surface area contributed by atoms with E-state index in [1.54, 1.807) is 0 Å². The molecule has 4 nitrogen and oxygen atoms in total. The van der Waals surface area contributed by atoms with Crippen molar-refractivity contribution < 1.29 is 13.9 Å². The van der Waals surface area contributed by atoms with Gasteiger partial charge in [0.15, 0.2) is 0 Å². The van der Waals surface area contributed by atoms with E-state index in [1.807, 2.05) is 36.4 Å². The van der Waals surface area contributed by atoms with Crippen molar-refractivity contribution in [2.45, 2.75) is 18.9 Å². The van der Waals surface area contributed by atoms with E-state index >= 15 is 0 Å². The second kappa shape index (κ2) is 8.72. The Labute approximate surface area is 165 Å². The molecule has 2 aromatic rings. The van der Waals surface area contributed by atoms with Crippen LogP contribution in [-0.2, 0) is 4.74 Å². The van der Waals surface area contributed by atoms with E-state index < -0.39 is 0 Å². The van der Waals surface area contributed by atoms with Gasteiger partial charge in [-0.05, 0) is 49.7 Å². The topological polar surface area (TPSA) is 32.8 Å². The fourth-order valence-electron chi connectivity index (χ4n) is 3.82. The number of piperazine rings is 1. The molecule has 1 fully saturated rings. The summed E-state index contributed by atoms with van der Waals surface area (Å²) in [6.07, 6.45) is 1.77. The molecule has 0 amide bonds. The molecule has 1 atom stereocenters. The van der Waals surface area contributed by atoms with Crippen molar-refractivity contribution >= 4 is 24.1 Å². The molecule has 1 saturated heterocycles. The lowest BCUT2D eigenvalue weighted by Gasteiger charge is -2.36. The Hall–Kier alpha value is -2.11. The number of rotatable bonds is 5. The first-order valence-corrected chi connectivity index (χ1v) is 9.23. The predicted octanol–water partition coefficient (Wildman–Crippen LogP) is 4.06. The Balaban J connectivity index is 0.00000210. The van der Waals surface area contributed by atoms with Gasteiger partial charge < -0.3 is 9.64 Å². The fourth-order valence-corrected chi connectivity index (χ4v) is 3.82. The lowest BCUT2D eigenvalue weighted by atomic mass is 10.0. The number of anilines is 1. The first-order valence-electron chi connectivity index (χ1n) is 9.23. The minimum Gasteiger partial charge on any atom is -0.454 e. The normalized spacial score (nSPS) is 19.4. The van der Waals surface area contributed by atoms with Crippen molar-refractivity contribution in [2.75, 3.05) is 37.6 Å². The van der Waals surface area contributed by atoms with Gasteiger partial charge in [-0.15, -0.1) is 12.4 Å². The van der Waals surface area contributed by atoms with Crippen LogP contribution < -0.4 is 4.90 Å². The monoisotopic (exact) mass is 390 g/mol. The zero-order chi connectivity index (χ0) is 17.9. The molecule has 4 rings (SSSR count). The lowest BCUT2D eigenvalue weighted by molar-refractivity contribution is 0.0358. The van der Waals surface area contributed by atoms with Gasteiger partial charge in [0, 0.05) is 37.4 Å². The number of fused-ring (bicyclic) bond motifs is 1. The smallest absolute Gasteiger partial charge is 0.339 e. The molecule has 144 valence electrons. The van der Waals surface area contributed by atoms with Crippen molar-refractivity contribution in [1.82, 2.24) is 4.90 Å². The molecule has 0 radical (unpaired) electrons. The third-order valence-corrected chi connectivity index (χ3v) is 5.28. The molecule has 6 heteroatoms. The maximum absolute atomic E-state index is 13.0. The highest BCUT2D eigenvalue weighted by Gasteiger charge is 2.30. The first kappa shape index (κ1) is 19.6. The zero-order valence-corrected chi connectivity index (χ0v) is 16.0. The maximum atomic E-state index is 13.0. The number of esters is 1. The molecule has 2 aliphatic heterocycles. The summed E-state index contributed by atoms with van der Waals surface area (Å²) in [6.45, 7) is 4.91. The molecule has 0 N–H and O–H groups in total. The Kier molecular flexibility index (Phi) is 6.34. The Morgan fingerprint density at radius 3 is 2.44 bits per heavy atom. The highest BCUT2D eigenvalue weighted by atomic mass is 35.5. The van der Waals surface area contributed by atoms with Gasteiger partial charge >= 0.3 is 5.97 Å². The largest absolute Gasteiger partial charge is 0.454 e. The highest BCUT2D eigenvalue weighted by molar-refractivity contribution is 5.93. The summed E-state index contributed by atoms with van der Waals surface area (Å²) in [5.74, 6) is -0.389. The SMILES string of the molecule is Cl.O=C1OC(CCCN2CCN(c3ccc(F)cc3)CC2)c2ccccc21. The summed E-state index contributed by atoms with van der Waals surface area (Å²) in [5, 5.41) is 0. The van der Waals surface area contributed by atoms with E-state index in [1.165, 1.54) is 12.1 Å². The Morgan fingerprint density at radius 1 is 1.00 bits per heavy atom. The number of carbonyl (C=O) groups is 1. The van der Waals surface area contributed by atoms with Crippen LogP contribution in [-0.4, -0.2) is 43.6 Å². The van der Waals surface area contributed by atoms with Gasteiger partial charge in [-0.2, -0.15) is 0 Å². The Morgan fingerprint density at radius 2 is 1.70 bits per heavy atom. The van der Waals surface area contributed by atoms with Crippen LogP contribution in [0.3, 0.4) is 0 Å². The number of nitrogens with zero attached hydrogens (tertiary/aromatic N) is 2. The number of carbonyl (C=O) groups excluding carboxylic acids is 1. The number of hydrogen-bond acceptors (Lipinski definition) is 4. The third kappa shape index (κ3) is 4.42. The maximum Gasteiger partial charge on any atom is 0.339 e. The number of benzene rings is 2. The lowest BCUT2D eigenvalue weighted by Crippen LogP contribution is -2.46. The second-order valence-electron chi connectivity index (χ2n) is 6.93. The van der Waals surface area contributed by atoms with E-state index in [2.05, 4.69) is 9.80 Å². The van der Waals surface area contributed by atoms with Crippen LogP contribution in [0.1, 0.15) is 34.9 Å². The van der Waals surface area contributed by atoms with E-state index in [-0.39, 0.29) is 30.3 Å². The molecular formula is C21H24ClFN2O2. The quantitative estimate of drug-likeness (QED) is 0.721. The first-order chi connectivity index (χ1) is 12.7. The van der Waals surface area contributed by atoms with Crippen molar-refractivity contribution in [3.8, 4) is 0 Å². The summed E-state index contributed by atoms with van der Waals surface area (Å²) < 4.78 is 18.6. The van der Waals surface area contributed by atoms with Crippen LogP contribution in [0.4, 0.5) is 10.1 Å². The van der Waals surface area contributed by atoms with Gasteiger partial charge in [-0.1, -0.05) is 18.2 Å². The van der Waals surface area contributed by atoms with E-state index in [0.29, 0.717) is 5.56 Å². The van der Waals surface area contributed by atoms with Gasteiger partial charge in [-0.25, -0.2) is 9.18 Å². The molecule has 0 saturated carbocycles. The predicted molar refractivity (Wildman–Crippen MR) is 106 cm³/mol. The average molecular weight is 391 g/mol. The number of ether oxygens (including phenoxy) is 1. The second-order valence-corrected chi connectivity index (χ2v) is 6.93. The Bertz CT molecular complexity index is 776. The van der Waals surface area contributed by atoms with Crippen molar-refractivity contribution in [3.63, 3.8) is 0 Å². The molecule has 0 spiro atoms.